The molecule has 2 aliphatic heterocycles. The van der Waals surface area contributed by atoms with Crippen LogP contribution in [0.3, 0.4) is 0 Å². The molecule has 1 aromatic heterocycles. The van der Waals surface area contributed by atoms with Gasteiger partial charge in [-0.1, -0.05) is 48.5 Å². The molecule has 3 heterocycles. The SMILES string of the molecule is COc1ccccc1NC(=O)N1CC2CC(C1)c1c(-c3ccc4ccccc4c3)ccc(=O)n1C2. The molecule has 2 amide bonds. The molecule has 0 saturated carbocycles. The van der Waals surface area contributed by atoms with Gasteiger partial charge in [0, 0.05) is 42.9 Å². The summed E-state index contributed by atoms with van der Waals surface area (Å²) in [6, 6.07) is 25.7. The number of fused-ring (bicyclic) bond motifs is 5. The number of ether oxygens (including phenoxy) is 1. The van der Waals surface area contributed by atoms with E-state index in [0.29, 0.717) is 31.1 Å². The summed E-state index contributed by atoms with van der Waals surface area (Å²) in [5.41, 5.74) is 3.90. The molecule has 2 bridgehead atoms. The first-order chi connectivity index (χ1) is 17.1. The molecule has 2 atom stereocenters. The number of aromatic nitrogens is 1. The highest BCUT2D eigenvalue weighted by atomic mass is 16.5. The van der Waals surface area contributed by atoms with Crippen molar-refractivity contribution < 1.29 is 9.53 Å². The molecular formula is C29H27N3O3. The standard InChI is InChI=1S/C29H27N3O3/c1-35-26-9-5-4-8-25(26)30-29(34)31-16-19-14-23(18-31)28-24(12-13-27(33)32(28)17-19)22-11-10-20-6-2-3-7-21(20)15-22/h2-13,15,19,23H,14,16-18H2,1H3,(H,30,34). The Bertz CT molecular complexity index is 1490. The summed E-state index contributed by atoms with van der Waals surface area (Å²) in [6.45, 7) is 1.83. The first-order valence-corrected chi connectivity index (χ1v) is 12.0. The number of carbonyl (C=O) groups excluding carboxylic acids is 1. The minimum Gasteiger partial charge on any atom is -0.495 e. The lowest BCUT2D eigenvalue weighted by Gasteiger charge is -2.43. The minimum absolute atomic E-state index is 0.0335. The van der Waals surface area contributed by atoms with Crippen molar-refractivity contribution in [2.24, 2.45) is 5.92 Å². The van der Waals surface area contributed by atoms with Crippen molar-refractivity contribution in [1.82, 2.24) is 9.47 Å². The molecule has 0 spiro atoms. The lowest BCUT2D eigenvalue weighted by atomic mass is 9.80. The van der Waals surface area contributed by atoms with E-state index in [0.717, 1.165) is 23.2 Å². The highest BCUT2D eigenvalue weighted by Crippen LogP contribution is 2.40. The second-order valence-corrected chi connectivity index (χ2v) is 9.48. The van der Waals surface area contributed by atoms with Crippen molar-refractivity contribution in [2.45, 2.75) is 18.9 Å². The van der Waals surface area contributed by atoms with Crippen molar-refractivity contribution in [1.29, 1.82) is 0 Å². The number of piperidine rings is 1. The van der Waals surface area contributed by atoms with Gasteiger partial charge >= 0.3 is 6.03 Å². The van der Waals surface area contributed by atoms with Gasteiger partial charge in [-0.3, -0.25) is 4.79 Å². The molecule has 6 nitrogen and oxygen atoms in total. The molecular weight excluding hydrogens is 438 g/mol. The smallest absolute Gasteiger partial charge is 0.321 e. The number of nitrogens with zero attached hydrogens (tertiary/aromatic N) is 2. The number of carbonyl (C=O) groups is 1. The highest BCUT2D eigenvalue weighted by molar-refractivity contribution is 5.91. The van der Waals surface area contributed by atoms with E-state index in [1.165, 1.54) is 10.8 Å². The average molecular weight is 466 g/mol. The Labute approximate surface area is 203 Å². The van der Waals surface area contributed by atoms with Gasteiger partial charge in [0.05, 0.1) is 12.8 Å². The Morgan fingerprint density at radius 3 is 2.57 bits per heavy atom. The fourth-order valence-electron chi connectivity index (χ4n) is 5.72. The van der Waals surface area contributed by atoms with E-state index in [-0.39, 0.29) is 23.4 Å². The van der Waals surface area contributed by atoms with Gasteiger partial charge in [-0.2, -0.15) is 0 Å². The fourth-order valence-corrected chi connectivity index (χ4v) is 5.72. The van der Waals surface area contributed by atoms with E-state index in [4.69, 9.17) is 4.74 Å². The van der Waals surface area contributed by atoms with Crippen LogP contribution in [0, 0.1) is 5.92 Å². The topological polar surface area (TPSA) is 63.6 Å². The largest absolute Gasteiger partial charge is 0.495 e. The number of anilines is 1. The Morgan fingerprint density at radius 1 is 0.914 bits per heavy atom. The van der Waals surface area contributed by atoms with Crippen molar-refractivity contribution in [3.63, 3.8) is 0 Å². The second kappa shape index (κ2) is 8.62. The van der Waals surface area contributed by atoms with Crippen LogP contribution in [-0.2, 0) is 6.54 Å². The van der Waals surface area contributed by atoms with Crippen LogP contribution in [0.1, 0.15) is 18.0 Å². The van der Waals surface area contributed by atoms with Gasteiger partial charge in [0.25, 0.3) is 5.56 Å². The molecule has 35 heavy (non-hydrogen) atoms. The number of para-hydroxylation sites is 2. The van der Waals surface area contributed by atoms with Crippen molar-refractivity contribution in [2.75, 3.05) is 25.5 Å². The number of rotatable bonds is 3. The number of amides is 2. The number of pyridine rings is 1. The quantitative estimate of drug-likeness (QED) is 0.445. The van der Waals surface area contributed by atoms with E-state index in [1.54, 1.807) is 13.2 Å². The molecule has 6 rings (SSSR count). The summed E-state index contributed by atoms with van der Waals surface area (Å²) in [7, 11) is 1.60. The Balaban J connectivity index is 1.34. The van der Waals surface area contributed by atoms with Crippen molar-refractivity contribution in [3.05, 3.63) is 94.9 Å². The van der Waals surface area contributed by atoms with Crippen molar-refractivity contribution >= 4 is 22.5 Å². The summed E-state index contributed by atoms with van der Waals surface area (Å²) in [5.74, 6) is 0.976. The third kappa shape index (κ3) is 3.85. The first kappa shape index (κ1) is 21.5. The summed E-state index contributed by atoms with van der Waals surface area (Å²) in [6.07, 6.45) is 0.975. The maximum Gasteiger partial charge on any atom is 0.321 e. The maximum absolute atomic E-state index is 13.2. The van der Waals surface area contributed by atoms with E-state index in [9.17, 15) is 9.59 Å². The minimum atomic E-state index is -0.136. The van der Waals surface area contributed by atoms with Gasteiger partial charge in [0.2, 0.25) is 0 Å². The van der Waals surface area contributed by atoms with Crippen LogP contribution in [0.2, 0.25) is 0 Å². The van der Waals surface area contributed by atoms with E-state index in [1.807, 2.05) is 51.9 Å². The van der Waals surface area contributed by atoms with Crippen LogP contribution in [0.25, 0.3) is 21.9 Å². The van der Waals surface area contributed by atoms with E-state index < -0.39 is 0 Å². The first-order valence-electron chi connectivity index (χ1n) is 12.0. The lowest BCUT2D eigenvalue weighted by Crippen LogP contribution is -2.50. The van der Waals surface area contributed by atoms with Gasteiger partial charge in [0.15, 0.2) is 0 Å². The number of nitrogens with one attached hydrogen (secondary N) is 1. The zero-order chi connectivity index (χ0) is 23.9. The third-order valence-corrected chi connectivity index (χ3v) is 7.29. The van der Waals surface area contributed by atoms with Crippen molar-refractivity contribution in [3.8, 4) is 16.9 Å². The molecule has 1 N–H and O–H groups in total. The number of urea groups is 1. The molecule has 3 aromatic carbocycles. The molecule has 4 aromatic rings. The number of methoxy groups -OCH3 is 1. The Morgan fingerprint density at radius 2 is 1.71 bits per heavy atom. The zero-order valence-corrected chi connectivity index (χ0v) is 19.6. The molecule has 176 valence electrons. The van der Waals surface area contributed by atoms with Gasteiger partial charge in [-0.05, 0) is 52.9 Å². The van der Waals surface area contributed by atoms with Crippen LogP contribution in [0.5, 0.6) is 5.75 Å². The predicted octanol–water partition coefficient (Wildman–Crippen LogP) is 5.33. The normalized spacial score (nSPS) is 18.7. The van der Waals surface area contributed by atoms with Crippen LogP contribution in [-0.4, -0.2) is 35.7 Å². The summed E-state index contributed by atoms with van der Waals surface area (Å²) >= 11 is 0. The summed E-state index contributed by atoms with van der Waals surface area (Å²) in [4.78, 5) is 28.0. The Kier molecular flexibility index (Phi) is 5.29. The molecule has 6 heteroatoms. The molecule has 1 fully saturated rings. The monoisotopic (exact) mass is 465 g/mol. The highest BCUT2D eigenvalue weighted by Gasteiger charge is 2.38. The molecule has 0 aliphatic carbocycles. The maximum atomic E-state index is 13.2. The zero-order valence-electron chi connectivity index (χ0n) is 19.6. The number of hydrogen-bond donors (Lipinski definition) is 1. The summed E-state index contributed by atoms with van der Waals surface area (Å²) in [5, 5.41) is 5.38. The van der Waals surface area contributed by atoms with Gasteiger partial charge < -0.3 is 19.5 Å². The average Bonchev–Trinajstić information content (AvgIpc) is 2.89. The number of hydrogen-bond acceptors (Lipinski definition) is 3. The molecule has 1 saturated heterocycles. The summed E-state index contributed by atoms with van der Waals surface area (Å²) < 4.78 is 7.34. The molecule has 2 unspecified atom stereocenters. The predicted molar refractivity (Wildman–Crippen MR) is 138 cm³/mol. The van der Waals surface area contributed by atoms with Crippen LogP contribution < -0.4 is 15.6 Å². The fraction of sp³-hybridized carbons (Fsp3) is 0.241. The Hall–Kier alpha value is -4.06. The van der Waals surface area contributed by atoms with Gasteiger partial charge in [-0.25, -0.2) is 4.79 Å². The molecule has 0 radical (unpaired) electrons. The number of likely N-dealkylation sites (tertiary alicyclic amines) is 1. The van der Waals surface area contributed by atoms with Crippen LogP contribution in [0.4, 0.5) is 10.5 Å². The van der Waals surface area contributed by atoms with Crippen LogP contribution in [0.15, 0.2) is 83.7 Å². The molecule has 2 aliphatic rings. The third-order valence-electron chi connectivity index (χ3n) is 7.29. The van der Waals surface area contributed by atoms with Crippen LogP contribution >= 0.6 is 0 Å². The van der Waals surface area contributed by atoms with Gasteiger partial charge in [-0.15, -0.1) is 0 Å². The second-order valence-electron chi connectivity index (χ2n) is 9.48. The van der Waals surface area contributed by atoms with E-state index in [2.05, 4.69) is 35.6 Å². The van der Waals surface area contributed by atoms with E-state index >= 15 is 0 Å². The lowest BCUT2D eigenvalue weighted by molar-refractivity contribution is 0.140. The van der Waals surface area contributed by atoms with Gasteiger partial charge in [0.1, 0.15) is 5.75 Å². The number of benzene rings is 3.